The van der Waals surface area contributed by atoms with Gasteiger partial charge in [0.25, 0.3) is 0 Å². The van der Waals surface area contributed by atoms with E-state index in [1.165, 1.54) is 5.56 Å². The lowest BCUT2D eigenvalue weighted by atomic mass is 10.0. The highest BCUT2D eigenvalue weighted by Crippen LogP contribution is 2.47. The molecule has 2 amide bonds. The molecule has 2 aromatic rings. The van der Waals surface area contributed by atoms with Crippen molar-refractivity contribution in [2.45, 2.75) is 40.5 Å². The van der Waals surface area contributed by atoms with E-state index in [1.807, 2.05) is 64.1 Å². The molecule has 0 aliphatic heterocycles. The maximum atomic E-state index is 12.7. The van der Waals surface area contributed by atoms with Crippen molar-refractivity contribution >= 4 is 23.2 Å². The van der Waals surface area contributed by atoms with Crippen LogP contribution in [-0.4, -0.2) is 11.8 Å². The summed E-state index contributed by atoms with van der Waals surface area (Å²) in [5.74, 6) is -0.443. The second-order valence-corrected chi connectivity index (χ2v) is 7.11. The number of carbonyl (C=O) groups is 2. The van der Waals surface area contributed by atoms with Crippen molar-refractivity contribution in [2.75, 3.05) is 10.6 Å². The van der Waals surface area contributed by atoms with Gasteiger partial charge in [-0.1, -0.05) is 18.2 Å². The Morgan fingerprint density at radius 3 is 2.08 bits per heavy atom. The van der Waals surface area contributed by atoms with Crippen molar-refractivity contribution in [3.8, 4) is 0 Å². The van der Waals surface area contributed by atoms with Crippen LogP contribution in [0.5, 0.6) is 0 Å². The Kier molecular flexibility index (Phi) is 4.38. The number of rotatable bonds is 4. The van der Waals surface area contributed by atoms with Gasteiger partial charge in [-0.3, -0.25) is 9.59 Å². The lowest BCUT2D eigenvalue weighted by Gasteiger charge is -2.17. The zero-order valence-electron chi connectivity index (χ0n) is 15.2. The summed E-state index contributed by atoms with van der Waals surface area (Å²) in [6, 6.07) is 11.7. The van der Waals surface area contributed by atoms with Gasteiger partial charge in [0.15, 0.2) is 0 Å². The van der Waals surface area contributed by atoms with Crippen LogP contribution in [0.2, 0.25) is 0 Å². The summed E-state index contributed by atoms with van der Waals surface area (Å²) < 4.78 is 0. The van der Waals surface area contributed by atoms with Gasteiger partial charge >= 0.3 is 0 Å². The quantitative estimate of drug-likeness (QED) is 0.819. The molecule has 0 aromatic heterocycles. The van der Waals surface area contributed by atoms with Crippen LogP contribution >= 0.6 is 0 Å². The van der Waals surface area contributed by atoms with Gasteiger partial charge in [0.05, 0.1) is 0 Å². The summed E-state index contributed by atoms with van der Waals surface area (Å²) in [5.41, 5.74) is 4.91. The molecular weight excluding hydrogens is 312 g/mol. The highest BCUT2D eigenvalue weighted by atomic mass is 16.2. The van der Waals surface area contributed by atoms with Crippen LogP contribution < -0.4 is 10.6 Å². The summed E-state index contributed by atoms with van der Waals surface area (Å²) in [6.45, 7) is 7.96. The fraction of sp³-hybridized carbons (Fsp3) is 0.333. The molecule has 0 saturated heterocycles. The monoisotopic (exact) mass is 336 g/mol. The molecular formula is C21H24N2O2. The van der Waals surface area contributed by atoms with Gasteiger partial charge in [-0.15, -0.1) is 0 Å². The van der Waals surface area contributed by atoms with E-state index in [1.54, 1.807) is 0 Å². The second kappa shape index (κ2) is 6.36. The molecule has 0 atom stereocenters. The molecule has 25 heavy (non-hydrogen) atoms. The molecule has 4 nitrogen and oxygen atoms in total. The smallest absolute Gasteiger partial charge is 0.240 e. The standard InChI is InChI=1S/C21H24N2O2/c1-13-5-6-15(3)18(11-13)23-20(25)21(9-10-21)19(24)22-17-8-7-14(2)16(4)12-17/h5-8,11-12H,9-10H2,1-4H3,(H,22,24)(H,23,25). The molecule has 130 valence electrons. The topological polar surface area (TPSA) is 58.2 Å². The first-order valence-corrected chi connectivity index (χ1v) is 8.59. The van der Waals surface area contributed by atoms with Crippen LogP contribution in [0.15, 0.2) is 36.4 Å². The molecule has 0 bridgehead atoms. The van der Waals surface area contributed by atoms with Crippen LogP contribution in [0.1, 0.15) is 35.1 Å². The summed E-state index contributed by atoms with van der Waals surface area (Å²) in [5, 5.41) is 5.85. The third-order valence-electron chi connectivity index (χ3n) is 5.03. The van der Waals surface area contributed by atoms with E-state index in [9.17, 15) is 9.59 Å². The van der Waals surface area contributed by atoms with Gasteiger partial charge < -0.3 is 10.6 Å². The van der Waals surface area contributed by atoms with Crippen molar-refractivity contribution < 1.29 is 9.59 Å². The molecule has 4 heteroatoms. The largest absolute Gasteiger partial charge is 0.325 e. The Labute approximate surface area is 148 Å². The van der Waals surface area contributed by atoms with E-state index in [2.05, 4.69) is 10.6 Å². The molecule has 1 fully saturated rings. The number of carbonyl (C=O) groups excluding carboxylic acids is 2. The minimum Gasteiger partial charge on any atom is -0.325 e. The van der Waals surface area contributed by atoms with Crippen molar-refractivity contribution in [1.29, 1.82) is 0 Å². The van der Waals surface area contributed by atoms with Gasteiger partial charge in [-0.2, -0.15) is 0 Å². The SMILES string of the molecule is Cc1ccc(C)c(NC(=O)C2(C(=O)Nc3ccc(C)c(C)c3)CC2)c1. The lowest BCUT2D eigenvalue weighted by Crippen LogP contribution is -2.35. The van der Waals surface area contributed by atoms with Gasteiger partial charge in [0, 0.05) is 11.4 Å². The predicted molar refractivity (Wildman–Crippen MR) is 101 cm³/mol. The van der Waals surface area contributed by atoms with Crippen molar-refractivity contribution in [3.05, 3.63) is 58.7 Å². The number of anilines is 2. The highest BCUT2D eigenvalue weighted by Gasteiger charge is 2.56. The van der Waals surface area contributed by atoms with Crippen molar-refractivity contribution in [3.63, 3.8) is 0 Å². The maximum absolute atomic E-state index is 12.7. The first-order valence-electron chi connectivity index (χ1n) is 8.59. The van der Waals surface area contributed by atoms with Crippen LogP contribution in [0, 0.1) is 33.1 Å². The third-order valence-corrected chi connectivity index (χ3v) is 5.03. The van der Waals surface area contributed by atoms with E-state index in [4.69, 9.17) is 0 Å². The normalized spacial score (nSPS) is 14.7. The Bertz CT molecular complexity index is 851. The number of hydrogen-bond acceptors (Lipinski definition) is 2. The lowest BCUT2D eigenvalue weighted by molar-refractivity contribution is -0.131. The van der Waals surface area contributed by atoms with Gasteiger partial charge in [-0.25, -0.2) is 0 Å². The van der Waals surface area contributed by atoms with Crippen molar-refractivity contribution in [1.82, 2.24) is 0 Å². The molecule has 0 radical (unpaired) electrons. The maximum Gasteiger partial charge on any atom is 0.240 e. The molecule has 2 aromatic carbocycles. The molecule has 1 aliphatic carbocycles. The number of amides is 2. The van der Waals surface area contributed by atoms with Crippen molar-refractivity contribution in [2.24, 2.45) is 5.41 Å². The number of hydrogen-bond donors (Lipinski definition) is 2. The molecule has 3 rings (SSSR count). The van der Waals surface area contributed by atoms with E-state index in [-0.39, 0.29) is 11.8 Å². The fourth-order valence-electron chi connectivity index (χ4n) is 2.86. The molecule has 0 unspecified atom stereocenters. The van der Waals surface area contributed by atoms with Crippen LogP contribution in [0.3, 0.4) is 0 Å². The summed E-state index contributed by atoms with van der Waals surface area (Å²) in [7, 11) is 0. The Morgan fingerprint density at radius 1 is 0.800 bits per heavy atom. The zero-order valence-corrected chi connectivity index (χ0v) is 15.2. The summed E-state index contributed by atoms with van der Waals surface area (Å²) in [6.07, 6.45) is 1.17. The van der Waals surface area contributed by atoms with Gasteiger partial charge in [0.1, 0.15) is 5.41 Å². The Balaban J connectivity index is 1.74. The molecule has 2 N–H and O–H groups in total. The summed E-state index contributed by atoms with van der Waals surface area (Å²) in [4.78, 5) is 25.4. The average Bonchev–Trinajstić information content (AvgIpc) is 3.36. The molecule has 1 aliphatic rings. The van der Waals surface area contributed by atoms with Crippen LogP contribution in [-0.2, 0) is 9.59 Å². The minimum atomic E-state index is -0.949. The number of nitrogens with one attached hydrogen (secondary N) is 2. The first-order chi connectivity index (χ1) is 11.8. The number of aryl methyl sites for hydroxylation is 4. The Morgan fingerprint density at radius 2 is 1.44 bits per heavy atom. The number of benzene rings is 2. The van der Waals surface area contributed by atoms with Crippen LogP contribution in [0.25, 0.3) is 0 Å². The molecule has 0 spiro atoms. The molecule has 1 saturated carbocycles. The predicted octanol–water partition coefficient (Wildman–Crippen LogP) is 4.28. The Hall–Kier alpha value is -2.62. The molecule has 0 heterocycles. The van der Waals surface area contributed by atoms with Gasteiger partial charge in [0.2, 0.25) is 11.8 Å². The minimum absolute atomic E-state index is 0.220. The average molecular weight is 336 g/mol. The fourth-order valence-corrected chi connectivity index (χ4v) is 2.86. The third kappa shape index (κ3) is 3.43. The summed E-state index contributed by atoms with van der Waals surface area (Å²) >= 11 is 0. The highest BCUT2D eigenvalue weighted by molar-refractivity contribution is 6.17. The zero-order chi connectivity index (χ0) is 18.2. The first kappa shape index (κ1) is 17.2. The van der Waals surface area contributed by atoms with E-state index < -0.39 is 5.41 Å². The second-order valence-electron chi connectivity index (χ2n) is 7.11. The van der Waals surface area contributed by atoms with Crippen LogP contribution in [0.4, 0.5) is 11.4 Å². The van der Waals surface area contributed by atoms with E-state index >= 15 is 0 Å². The van der Waals surface area contributed by atoms with E-state index in [0.29, 0.717) is 12.8 Å². The van der Waals surface area contributed by atoms with E-state index in [0.717, 1.165) is 28.1 Å². The van der Waals surface area contributed by atoms with Gasteiger partial charge in [-0.05, 0) is 81.0 Å².